The van der Waals surface area contributed by atoms with Gasteiger partial charge >= 0.3 is 5.69 Å². The number of pyridine rings is 1. The second-order valence-corrected chi connectivity index (χ2v) is 5.24. The molecule has 1 aliphatic carbocycles. The molecule has 0 aromatic carbocycles. The van der Waals surface area contributed by atoms with E-state index in [2.05, 4.69) is 15.7 Å². The Balaban J connectivity index is 2.26. The number of anilines is 2. The smallest absolute Gasteiger partial charge is 0.311 e. The van der Waals surface area contributed by atoms with Crippen molar-refractivity contribution in [3.05, 3.63) is 22.2 Å². The van der Waals surface area contributed by atoms with Crippen molar-refractivity contribution in [2.45, 2.75) is 32.4 Å². The number of rotatable bonds is 4. The third kappa shape index (κ3) is 2.32. The maximum atomic E-state index is 11.0. The molecule has 0 aliphatic heterocycles. The first-order valence-corrected chi connectivity index (χ1v) is 5.93. The maximum absolute atomic E-state index is 11.0. The number of hydrogen-bond donors (Lipinski definition) is 4. The summed E-state index contributed by atoms with van der Waals surface area (Å²) in [5.74, 6) is 5.74. The zero-order chi connectivity index (χ0) is 14.2. The topological polar surface area (TPSA) is 126 Å². The first-order valence-electron chi connectivity index (χ1n) is 5.93. The molecule has 2 atom stereocenters. The first kappa shape index (κ1) is 13.5. The fourth-order valence-corrected chi connectivity index (χ4v) is 2.10. The van der Waals surface area contributed by atoms with E-state index in [4.69, 9.17) is 5.84 Å². The van der Waals surface area contributed by atoms with Crippen molar-refractivity contribution in [1.82, 2.24) is 4.98 Å². The molecule has 1 aromatic rings. The Labute approximate surface area is 110 Å². The number of nitro groups is 1. The van der Waals surface area contributed by atoms with E-state index in [1.54, 1.807) is 0 Å². The first-order chi connectivity index (χ1) is 8.86. The Morgan fingerprint density at radius 2 is 2.26 bits per heavy atom. The number of aliphatic hydroxyl groups excluding tert-OH is 1. The summed E-state index contributed by atoms with van der Waals surface area (Å²) in [4.78, 5) is 14.5. The van der Waals surface area contributed by atoms with Crippen molar-refractivity contribution >= 4 is 17.3 Å². The lowest BCUT2D eigenvalue weighted by atomic mass is 9.64. The number of nitrogen functional groups attached to an aromatic ring is 1. The molecule has 0 bridgehead atoms. The van der Waals surface area contributed by atoms with Gasteiger partial charge in [0.2, 0.25) is 5.82 Å². The van der Waals surface area contributed by atoms with Crippen LogP contribution in [-0.2, 0) is 0 Å². The second kappa shape index (κ2) is 4.63. The largest absolute Gasteiger partial charge is 0.392 e. The number of aliphatic hydroxyl groups is 1. The van der Waals surface area contributed by atoms with E-state index in [1.165, 1.54) is 12.1 Å². The Morgan fingerprint density at radius 1 is 1.58 bits per heavy atom. The van der Waals surface area contributed by atoms with Crippen LogP contribution in [0.25, 0.3) is 0 Å². The average Bonchev–Trinajstić information content (AvgIpc) is 2.38. The Bertz CT molecular complexity index is 505. The Morgan fingerprint density at radius 3 is 2.74 bits per heavy atom. The lowest BCUT2D eigenvalue weighted by molar-refractivity contribution is -0.384. The number of nitrogens with one attached hydrogen (secondary N) is 2. The van der Waals surface area contributed by atoms with E-state index in [0.29, 0.717) is 12.2 Å². The van der Waals surface area contributed by atoms with Gasteiger partial charge in [-0.3, -0.25) is 10.1 Å². The van der Waals surface area contributed by atoms with Crippen LogP contribution in [0.2, 0.25) is 0 Å². The summed E-state index contributed by atoms with van der Waals surface area (Å²) in [6.45, 7) is 3.80. The van der Waals surface area contributed by atoms with Crippen molar-refractivity contribution < 1.29 is 10.0 Å². The number of hydrogen-bond acceptors (Lipinski definition) is 7. The van der Waals surface area contributed by atoms with Crippen LogP contribution in [0.15, 0.2) is 12.1 Å². The van der Waals surface area contributed by atoms with E-state index < -0.39 is 11.0 Å². The molecule has 2 rings (SSSR count). The molecule has 8 heteroatoms. The molecule has 0 radical (unpaired) electrons. The quantitative estimate of drug-likeness (QED) is 0.362. The minimum Gasteiger partial charge on any atom is -0.392 e. The summed E-state index contributed by atoms with van der Waals surface area (Å²) >= 11 is 0. The van der Waals surface area contributed by atoms with E-state index >= 15 is 0 Å². The van der Waals surface area contributed by atoms with Gasteiger partial charge in [0.05, 0.1) is 11.0 Å². The lowest BCUT2D eigenvalue weighted by Crippen LogP contribution is -2.57. The van der Waals surface area contributed by atoms with Crippen molar-refractivity contribution in [3.63, 3.8) is 0 Å². The Kier molecular flexibility index (Phi) is 3.29. The molecule has 0 spiro atoms. The molecule has 1 aromatic heterocycles. The van der Waals surface area contributed by atoms with Crippen molar-refractivity contribution in [2.24, 2.45) is 11.3 Å². The van der Waals surface area contributed by atoms with Crippen molar-refractivity contribution in [3.8, 4) is 0 Å². The van der Waals surface area contributed by atoms with Crippen molar-refractivity contribution in [1.29, 1.82) is 0 Å². The van der Waals surface area contributed by atoms with E-state index in [1.807, 2.05) is 13.8 Å². The van der Waals surface area contributed by atoms with E-state index in [9.17, 15) is 15.2 Å². The van der Waals surface area contributed by atoms with Gasteiger partial charge in [-0.05, 0) is 12.5 Å². The predicted octanol–water partition coefficient (Wildman–Crippen LogP) is 0.847. The molecule has 5 N–H and O–H groups in total. The molecule has 1 fully saturated rings. The summed E-state index contributed by atoms with van der Waals surface area (Å²) in [7, 11) is 0. The fraction of sp³-hybridized carbons (Fsp3) is 0.545. The zero-order valence-electron chi connectivity index (χ0n) is 10.8. The summed E-state index contributed by atoms with van der Waals surface area (Å²) in [5, 5.41) is 23.7. The molecule has 19 heavy (non-hydrogen) atoms. The lowest BCUT2D eigenvalue weighted by Gasteiger charge is -2.49. The van der Waals surface area contributed by atoms with Crippen LogP contribution in [0.1, 0.15) is 20.3 Å². The third-order valence-corrected chi connectivity index (χ3v) is 3.75. The minimum absolute atomic E-state index is 0.0678. The van der Waals surface area contributed by atoms with Gasteiger partial charge in [-0.1, -0.05) is 13.8 Å². The van der Waals surface area contributed by atoms with Crippen LogP contribution < -0.4 is 16.6 Å². The third-order valence-electron chi connectivity index (χ3n) is 3.75. The molecular weight excluding hydrogens is 250 g/mol. The van der Waals surface area contributed by atoms with Crippen LogP contribution in [0, 0.1) is 15.5 Å². The summed E-state index contributed by atoms with van der Waals surface area (Å²) in [6.07, 6.45) is 0.117. The van der Waals surface area contributed by atoms with E-state index in [0.717, 1.165) is 0 Å². The summed E-state index contributed by atoms with van der Waals surface area (Å²) < 4.78 is 0. The van der Waals surface area contributed by atoms with Gasteiger partial charge in [-0.15, -0.1) is 0 Å². The van der Waals surface area contributed by atoms with Crippen LogP contribution in [0.5, 0.6) is 0 Å². The zero-order valence-corrected chi connectivity index (χ0v) is 10.8. The number of nitrogens with zero attached hydrogens (tertiary/aromatic N) is 2. The van der Waals surface area contributed by atoms with Crippen LogP contribution >= 0.6 is 0 Å². The second-order valence-electron chi connectivity index (χ2n) is 5.24. The molecule has 8 nitrogen and oxygen atoms in total. The van der Waals surface area contributed by atoms with Crippen molar-refractivity contribution in [2.75, 3.05) is 10.7 Å². The summed E-state index contributed by atoms with van der Waals surface area (Å²) in [6, 6.07) is 2.71. The van der Waals surface area contributed by atoms with Gasteiger partial charge in [-0.2, -0.15) is 0 Å². The number of nitrogens with two attached hydrogens (primary N) is 1. The highest BCUT2D eigenvalue weighted by atomic mass is 16.6. The molecule has 1 saturated carbocycles. The predicted molar refractivity (Wildman–Crippen MR) is 70.5 cm³/mol. The van der Waals surface area contributed by atoms with Gasteiger partial charge in [0.15, 0.2) is 0 Å². The minimum atomic E-state index is -0.502. The monoisotopic (exact) mass is 267 g/mol. The van der Waals surface area contributed by atoms with Gasteiger partial charge in [0, 0.05) is 17.5 Å². The van der Waals surface area contributed by atoms with Crippen LogP contribution in [0.4, 0.5) is 17.3 Å². The fourth-order valence-electron chi connectivity index (χ4n) is 2.10. The number of hydrazine groups is 1. The van der Waals surface area contributed by atoms with Crippen LogP contribution in [0.3, 0.4) is 0 Å². The molecule has 1 aliphatic rings. The molecule has 0 amide bonds. The highest BCUT2D eigenvalue weighted by Crippen LogP contribution is 2.43. The molecule has 104 valence electrons. The molecule has 1 heterocycles. The maximum Gasteiger partial charge on any atom is 0.311 e. The SMILES string of the molecule is CC1(C)C(O)CC1Nc1nc(NN)ccc1[N+](=O)[O-]. The highest BCUT2D eigenvalue weighted by molar-refractivity contribution is 5.60. The molecular formula is C11H17N5O3. The number of aromatic nitrogens is 1. The Hall–Kier alpha value is -1.93. The van der Waals surface area contributed by atoms with E-state index in [-0.39, 0.29) is 23.0 Å². The molecule has 0 saturated heterocycles. The average molecular weight is 267 g/mol. The van der Waals surface area contributed by atoms with Gasteiger partial charge in [0.1, 0.15) is 5.82 Å². The molecule has 2 unspecified atom stereocenters. The summed E-state index contributed by atoms with van der Waals surface area (Å²) in [5.41, 5.74) is 1.89. The van der Waals surface area contributed by atoms with Gasteiger partial charge < -0.3 is 15.8 Å². The van der Waals surface area contributed by atoms with Crippen LogP contribution in [-0.4, -0.2) is 27.2 Å². The highest BCUT2D eigenvalue weighted by Gasteiger charge is 2.48. The normalized spacial score (nSPS) is 24.4. The standard InChI is InChI=1S/C11H17N5O3/c1-11(2)7(5-8(11)17)13-10-6(16(18)19)3-4-9(14-10)15-12/h3-4,7-8,17H,5,12H2,1-2H3,(H2,13,14,15). The van der Waals surface area contributed by atoms with Gasteiger partial charge in [0.25, 0.3) is 0 Å². The van der Waals surface area contributed by atoms with Gasteiger partial charge in [-0.25, -0.2) is 10.8 Å².